The van der Waals surface area contributed by atoms with E-state index in [1.165, 1.54) is 0 Å². The van der Waals surface area contributed by atoms with Crippen molar-refractivity contribution in [3.05, 3.63) is 58.7 Å². The van der Waals surface area contributed by atoms with Gasteiger partial charge in [0.05, 0.1) is 14.2 Å². The minimum Gasteiger partial charge on any atom is -0.493 e. The molecule has 2 amide bonds. The molecule has 2 aromatic rings. The van der Waals surface area contributed by atoms with Gasteiger partial charge in [-0.05, 0) is 54.2 Å². The standard InChI is InChI=1S/C26H32N2O6/c1-16(2)24(27-25(30)20-9-7-6-8-17(20)3)26(31)34-15-23(29)28-11-10-18-12-21(32-4)22(33-5)13-19(18)14-28/h6-9,12-13,16,24H,10-11,14-15H2,1-5H3,(H,27,30)/t24-/m0/s1. The lowest BCUT2D eigenvalue weighted by atomic mass is 9.99. The van der Waals surface area contributed by atoms with E-state index in [0.29, 0.717) is 36.6 Å². The van der Waals surface area contributed by atoms with Gasteiger partial charge in [0, 0.05) is 18.7 Å². The Balaban J connectivity index is 1.60. The molecule has 0 radical (unpaired) electrons. The number of fused-ring (bicyclic) bond motifs is 1. The van der Waals surface area contributed by atoms with Crippen LogP contribution in [0.25, 0.3) is 0 Å². The molecule has 1 N–H and O–H groups in total. The average molecular weight is 469 g/mol. The predicted molar refractivity (Wildman–Crippen MR) is 127 cm³/mol. The Bertz CT molecular complexity index is 1070. The van der Waals surface area contributed by atoms with Crippen molar-refractivity contribution in [2.75, 3.05) is 27.4 Å². The van der Waals surface area contributed by atoms with E-state index in [1.54, 1.807) is 31.3 Å². The number of carbonyl (C=O) groups is 3. The van der Waals surface area contributed by atoms with Crippen LogP contribution in [0.15, 0.2) is 36.4 Å². The van der Waals surface area contributed by atoms with Crippen molar-refractivity contribution < 1.29 is 28.6 Å². The zero-order valence-corrected chi connectivity index (χ0v) is 20.3. The smallest absolute Gasteiger partial charge is 0.329 e. The quantitative estimate of drug-likeness (QED) is 0.599. The predicted octanol–water partition coefficient (Wildman–Crippen LogP) is 2.89. The van der Waals surface area contributed by atoms with Crippen molar-refractivity contribution in [1.29, 1.82) is 0 Å². The van der Waals surface area contributed by atoms with Gasteiger partial charge in [-0.1, -0.05) is 32.0 Å². The molecule has 1 aliphatic heterocycles. The van der Waals surface area contributed by atoms with Crippen molar-refractivity contribution in [2.45, 2.75) is 39.8 Å². The largest absolute Gasteiger partial charge is 0.493 e. The van der Waals surface area contributed by atoms with Crippen LogP contribution in [0.1, 0.15) is 40.9 Å². The summed E-state index contributed by atoms with van der Waals surface area (Å²) in [5.74, 6) is -0.221. The number of methoxy groups -OCH3 is 2. The van der Waals surface area contributed by atoms with Crippen LogP contribution in [0.5, 0.6) is 11.5 Å². The van der Waals surface area contributed by atoms with Crippen molar-refractivity contribution in [1.82, 2.24) is 10.2 Å². The van der Waals surface area contributed by atoms with E-state index in [-0.39, 0.29) is 24.3 Å². The fourth-order valence-corrected chi connectivity index (χ4v) is 3.95. The highest BCUT2D eigenvalue weighted by molar-refractivity contribution is 5.98. The van der Waals surface area contributed by atoms with Crippen molar-refractivity contribution >= 4 is 17.8 Å². The van der Waals surface area contributed by atoms with Gasteiger partial charge in [-0.3, -0.25) is 9.59 Å². The lowest BCUT2D eigenvalue weighted by Crippen LogP contribution is -2.46. The highest BCUT2D eigenvalue weighted by Crippen LogP contribution is 2.33. The van der Waals surface area contributed by atoms with Gasteiger partial charge in [-0.15, -0.1) is 0 Å². The number of rotatable bonds is 8. The molecule has 0 saturated heterocycles. The van der Waals surface area contributed by atoms with E-state index >= 15 is 0 Å². The van der Waals surface area contributed by atoms with Crippen LogP contribution in [0.3, 0.4) is 0 Å². The van der Waals surface area contributed by atoms with E-state index in [1.807, 2.05) is 45.0 Å². The fraction of sp³-hybridized carbons (Fsp3) is 0.423. The minimum absolute atomic E-state index is 0.208. The summed E-state index contributed by atoms with van der Waals surface area (Å²) < 4.78 is 16.0. The van der Waals surface area contributed by atoms with Crippen LogP contribution in [0, 0.1) is 12.8 Å². The van der Waals surface area contributed by atoms with Crippen molar-refractivity contribution in [3.8, 4) is 11.5 Å². The Hall–Kier alpha value is -3.55. The molecule has 0 spiro atoms. The normalized spacial score (nSPS) is 13.6. The molecule has 8 nitrogen and oxygen atoms in total. The van der Waals surface area contributed by atoms with Gasteiger partial charge in [0.15, 0.2) is 18.1 Å². The summed E-state index contributed by atoms with van der Waals surface area (Å²) in [6, 6.07) is 10.1. The van der Waals surface area contributed by atoms with Gasteiger partial charge in [-0.25, -0.2) is 4.79 Å². The first-order valence-electron chi connectivity index (χ1n) is 11.3. The number of ether oxygens (including phenoxy) is 3. The summed E-state index contributed by atoms with van der Waals surface area (Å²) in [7, 11) is 3.16. The SMILES string of the molecule is COc1cc2c(cc1OC)CN(C(=O)COC(=O)[C@@H](NC(=O)c1ccccc1C)C(C)C)CC2. The van der Waals surface area contributed by atoms with Crippen LogP contribution in [-0.2, 0) is 27.3 Å². The first kappa shape index (κ1) is 25.1. The van der Waals surface area contributed by atoms with Gasteiger partial charge >= 0.3 is 5.97 Å². The van der Waals surface area contributed by atoms with E-state index in [2.05, 4.69) is 5.32 Å². The maximum Gasteiger partial charge on any atom is 0.329 e. The molecule has 34 heavy (non-hydrogen) atoms. The number of hydrogen-bond acceptors (Lipinski definition) is 6. The van der Waals surface area contributed by atoms with Crippen molar-refractivity contribution in [3.63, 3.8) is 0 Å². The third-order valence-corrected chi connectivity index (χ3v) is 6.01. The van der Waals surface area contributed by atoms with E-state index in [9.17, 15) is 14.4 Å². The Morgan fingerprint density at radius 2 is 1.68 bits per heavy atom. The molecule has 0 fully saturated rings. The molecule has 3 rings (SSSR count). The van der Waals surface area contributed by atoms with Gasteiger partial charge in [0.2, 0.25) is 0 Å². The van der Waals surface area contributed by atoms with Crippen molar-refractivity contribution in [2.24, 2.45) is 5.92 Å². The maximum atomic E-state index is 12.8. The number of hydrogen-bond donors (Lipinski definition) is 1. The third-order valence-electron chi connectivity index (χ3n) is 6.01. The second-order valence-corrected chi connectivity index (χ2v) is 8.66. The molecule has 1 atom stereocenters. The van der Waals surface area contributed by atoms with Gasteiger partial charge in [-0.2, -0.15) is 0 Å². The third kappa shape index (κ3) is 5.68. The number of nitrogens with zero attached hydrogens (tertiary/aromatic N) is 1. The maximum absolute atomic E-state index is 12.8. The summed E-state index contributed by atoms with van der Waals surface area (Å²) in [4.78, 5) is 39.8. The van der Waals surface area contributed by atoms with Gasteiger partial charge in [0.1, 0.15) is 6.04 Å². The number of benzene rings is 2. The molecule has 2 aromatic carbocycles. The topological polar surface area (TPSA) is 94.2 Å². The van der Waals surface area contributed by atoms with E-state index < -0.39 is 12.0 Å². The molecule has 1 heterocycles. The second kappa shape index (κ2) is 11.0. The molecule has 0 unspecified atom stereocenters. The van der Waals surface area contributed by atoms with E-state index in [4.69, 9.17) is 14.2 Å². The monoisotopic (exact) mass is 468 g/mol. The Morgan fingerprint density at radius 1 is 1.03 bits per heavy atom. The number of carbonyl (C=O) groups excluding carboxylic acids is 3. The van der Waals surface area contributed by atoms with Crippen LogP contribution >= 0.6 is 0 Å². The first-order valence-corrected chi connectivity index (χ1v) is 11.3. The molecule has 0 bridgehead atoms. The fourth-order valence-electron chi connectivity index (χ4n) is 3.95. The van der Waals surface area contributed by atoms with Crippen LogP contribution in [0.2, 0.25) is 0 Å². The summed E-state index contributed by atoms with van der Waals surface area (Å²) in [6.07, 6.45) is 0.663. The second-order valence-electron chi connectivity index (χ2n) is 8.66. The molecular formula is C26H32N2O6. The lowest BCUT2D eigenvalue weighted by molar-refractivity contribution is -0.154. The summed E-state index contributed by atoms with van der Waals surface area (Å²) in [5, 5.41) is 2.75. The highest BCUT2D eigenvalue weighted by Gasteiger charge is 2.29. The van der Waals surface area contributed by atoms with Crippen LogP contribution in [0.4, 0.5) is 0 Å². The molecule has 182 valence electrons. The zero-order chi connectivity index (χ0) is 24.8. The number of nitrogens with one attached hydrogen (secondary N) is 1. The summed E-state index contributed by atoms with van der Waals surface area (Å²) >= 11 is 0. The molecule has 0 aromatic heterocycles. The Labute approximate surface area is 200 Å². The highest BCUT2D eigenvalue weighted by atomic mass is 16.5. The first-order chi connectivity index (χ1) is 16.2. The lowest BCUT2D eigenvalue weighted by Gasteiger charge is -2.30. The summed E-state index contributed by atoms with van der Waals surface area (Å²) in [6.45, 7) is 5.98. The number of amides is 2. The molecule has 8 heteroatoms. The number of aryl methyl sites for hydroxylation is 1. The van der Waals surface area contributed by atoms with Crippen LogP contribution < -0.4 is 14.8 Å². The zero-order valence-electron chi connectivity index (χ0n) is 20.3. The molecule has 0 aliphatic carbocycles. The molecule has 0 saturated carbocycles. The molecular weight excluding hydrogens is 436 g/mol. The minimum atomic E-state index is -0.862. The van der Waals surface area contributed by atoms with E-state index in [0.717, 1.165) is 16.7 Å². The Kier molecular flexibility index (Phi) is 8.15. The summed E-state index contributed by atoms with van der Waals surface area (Å²) in [5.41, 5.74) is 3.37. The average Bonchev–Trinajstić information content (AvgIpc) is 2.84. The van der Waals surface area contributed by atoms with Gasteiger partial charge < -0.3 is 24.4 Å². The van der Waals surface area contributed by atoms with Crippen LogP contribution in [-0.4, -0.2) is 56.1 Å². The number of esters is 1. The molecule has 1 aliphatic rings. The van der Waals surface area contributed by atoms with Gasteiger partial charge in [0.25, 0.3) is 11.8 Å². The Morgan fingerprint density at radius 3 is 2.29 bits per heavy atom.